The minimum absolute atomic E-state index is 0.947. The van der Waals surface area contributed by atoms with Gasteiger partial charge >= 0.3 is 0 Å². The molecule has 0 spiro atoms. The summed E-state index contributed by atoms with van der Waals surface area (Å²) in [5, 5.41) is 4.32. The Labute approximate surface area is 114 Å². The third-order valence-corrected chi connectivity index (χ3v) is 4.21. The van der Waals surface area contributed by atoms with Crippen LogP contribution < -0.4 is 5.32 Å². The highest BCUT2D eigenvalue weighted by molar-refractivity contribution is 7.15. The third-order valence-electron chi connectivity index (χ3n) is 3.27. The van der Waals surface area contributed by atoms with Gasteiger partial charge in [-0.25, -0.2) is 4.98 Å². The van der Waals surface area contributed by atoms with Gasteiger partial charge in [0, 0.05) is 50.3 Å². The maximum Gasteiger partial charge on any atom is 0.182 e. The van der Waals surface area contributed by atoms with Crippen molar-refractivity contribution in [1.29, 1.82) is 0 Å². The molecule has 0 atom stereocenters. The van der Waals surface area contributed by atoms with Crippen LogP contribution in [0.4, 0.5) is 5.13 Å². The molecule has 102 valence electrons. The highest BCUT2D eigenvalue weighted by atomic mass is 32.1. The van der Waals surface area contributed by atoms with Crippen LogP contribution in [0.25, 0.3) is 0 Å². The van der Waals surface area contributed by atoms with Gasteiger partial charge in [-0.15, -0.1) is 11.3 Å². The molecule has 1 aliphatic rings. The molecule has 1 aromatic heterocycles. The van der Waals surface area contributed by atoms with E-state index in [0.717, 1.165) is 18.2 Å². The molecule has 4 nitrogen and oxygen atoms in total. The second-order valence-electron chi connectivity index (χ2n) is 4.78. The van der Waals surface area contributed by atoms with Gasteiger partial charge in [0.25, 0.3) is 0 Å². The van der Waals surface area contributed by atoms with E-state index in [0.29, 0.717) is 0 Å². The number of hydrogen-bond donors (Lipinski definition) is 1. The van der Waals surface area contributed by atoms with Crippen molar-refractivity contribution in [3.05, 3.63) is 11.1 Å². The Morgan fingerprint density at radius 3 is 2.61 bits per heavy atom. The zero-order valence-electron chi connectivity index (χ0n) is 11.5. The Hall–Kier alpha value is -0.650. The zero-order valence-corrected chi connectivity index (χ0v) is 12.3. The lowest BCUT2D eigenvalue weighted by Gasteiger charge is -2.34. The fraction of sp³-hybridized carbons (Fsp3) is 0.769. The minimum Gasteiger partial charge on any atom is -0.362 e. The molecule has 5 heteroatoms. The molecule has 0 aromatic carbocycles. The molecule has 0 saturated carbocycles. The van der Waals surface area contributed by atoms with Crippen LogP contribution in [0.1, 0.15) is 25.1 Å². The van der Waals surface area contributed by atoms with Crippen molar-refractivity contribution >= 4 is 16.5 Å². The van der Waals surface area contributed by atoms with Crippen molar-refractivity contribution in [2.24, 2.45) is 0 Å². The van der Waals surface area contributed by atoms with Crippen molar-refractivity contribution < 1.29 is 0 Å². The quantitative estimate of drug-likeness (QED) is 0.856. The summed E-state index contributed by atoms with van der Waals surface area (Å²) in [7, 11) is 0. The molecule has 1 aliphatic heterocycles. The van der Waals surface area contributed by atoms with E-state index in [1.807, 2.05) is 6.20 Å². The first kappa shape index (κ1) is 13.8. The second kappa shape index (κ2) is 7.07. The topological polar surface area (TPSA) is 31.4 Å². The SMILES string of the molecule is CCCN1CCN(Cc2cnc(NCC)s2)CC1. The van der Waals surface area contributed by atoms with E-state index >= 15 is 0 Å². The average Bonchev–Trinajstić information content (AvgIpc) is 2.80. The van der Waals surface area contributed by atoms with Gasteiger partial charge in [0.15, 0.2) is 5.13 Å². The number of hydrogen-bond acceptors (Lipinski definition) is 5. The van der Waals surface area contributed by atoms with E-state index in [1.165, 1.54) is 44.0 Å². The van der Waals surface area contributed by atoms with E-state index in [2.05, 4.69) is 33.9 Å². The van der Waals surface area contributed by atoms with Gasteiger partial charge in [-0.05, 0) is 19.9 Å². The fourth-order valence-corrected chi connectivity index (χ4v) is 3.24. The zero-order chi connectivity index (χ0) is 12.8. The molecule has 0 amide bonds. The molecule has 1 N–H and O–H groups in total. The standard InChI is InChI=1S/C13H24N4S/c1-3-5-16-6-8-17(9-7-16)11-12-10-15-13(18-12)14-4-2/h10H,3-9,11H2,1-2H3,(H,14,15). The molecular formula is C13H24N4S. The first-order valence-electron chi connectivity index (χ1n) is 6.95. The summed E-state index contributed by atoms with van der Waals surface area (Å²) in [6.07, 6.45) is 3.28. The number of aromatic nitrogens is 1. The van der Waals surface area contributed by atoms with Gasteiger partial charge in [0.05, 0.1) is 0 Å². The largest absolute Gasteiger partial charge is 0.362 e. The number of thiazole rings is 1. The van der Waals surface area contributed by atoms with E-state index in [4.69, 9.17) is 0 Å². The van der Waals surface area contributed by atoms with Crippen LogP contribution in [0.5, 0.6) is 0 Å². The van der Waals surface area contributed by atoms with Crippen molar-refractivity contribution in [1.82, 2.24) is 14.8 Å². The highest BCUT2D eigenvalue weighted by Gasteiger charge is 2.16. The normalized spacial score (nSPS) is 18.1. The molecule has 0 bridgehead atoms. The Morgan fingerprint density at radius 2 is 1.94 bits per heavy atom. The number of rotatable bonds is 6. The average molecular weight is 268 g/mol. The van der Waals surface area contributed by atoms with Gasteiger partial charge in [-0.2, -0.15) is 0 Å². The summed E-state index contributed by atoms with van der Waals surface area (Å²) < 4.78 is 0. The predicted octanol–water partition coefficient (Wildman–Crippen LogP) is 2.10. The van der Waals surface area contributed by atoms with Gasteiger partial charge in [0.2, 0.25) is 0 Å². The maximum absolute atomic E-state index is 4.39. The van der Waals surface area contributed by atoms with Crippen molar-refractivity contribution in [2.45, 2.75) is 26.8 Å². The predicted molar refractivity (Wildman–Crippen MR) is 78.3 cm³/mol. The molecule has 0 unspecified atom stereocenters. The summed E-state index contributed by atoms with van der Waals surface area (Å²) >= 11 is 1.78. The molecule has 2 rings (SSSR count). The van der Waals surface area contributed by atoms with Crippen LogP contribution in [0.3, 0.4) is 0 Å². The van der Waals surface area contributed by atoms with E-state index in [-0.39, 0.29) is 0 Å². The van der Waals surface area contributed by atoms with E-state index in [1.54, 1.807) is 11.3 Å². The first-order chi connectivity index (χ1) is 8.81. The van der Waals surface area contributed by atoms with Gasteiger partial charge < -0.3 is 10.2 Å². The lowest BCUT2D eigenvalue weighted by Crippen LogP contribution is -2.45. The maximum atomic E-state index is 4.39. The molecule has 0 aliphatic carbocycles. The number of anilines is 1. The first-order valence-corrected chi connectivity index (χ1v) is 7.76. The van der Waals surface area contributed by atoms with Crippen LogP contribution in [0, 0.1) is 0 Å². The third kappa shape index (κ3) is 3.93. The summed E-state index contributed by atoms with van der Waals surface area (Å²) in [6.45, 7) is 12.4. The van der Waals surface area contributed by atoms with Crippen LogP contribution in [-0.4, -0.2) is 54.1 Å². The van der Waals surface area contributed by atoms with Gasteiger partial charge in [-0.3, -0.25) is 4.90 Å². The molecule has 1 aromatic rings. The minimum atomic E-state index is 0.947. The number of nitrogens with zero attached hydrogens (tertiary/aromatic N) is 3. The fourth-order valence-electron chi connectivity index (χ4n) is 2.32. The van der Waals surface area contributed by atoms with Crippen LogP contribution >= 0.6 is 11.3 Å². The summed E-state index contributed by atoms with van der Waals surface area (Å²) in [6, 6.07) is 0. The summed E-state index contributed by atoms with van der Waals surface area (Å²) in [5.74, 6) is 0. The van der Waals surface area contributed by atoms with Crippen molar-refractivity contribution in [2.75, 3.05) is 44.6 Å². The molecule has 18 heavy (non-hydrogen) atoms. The van der Waals surface area contributed by atoms with E-state index in [9.17, 15) is 0 Å². The molecule has 1 fully saturated rings. The lowest BCUT2D eigenvalue weighted by atomic mass is 10.3. The summed E-state index contributed by atoms with van der Waals surface area (Å²) in [4.78, 5) is 10.9. The Morgan fingerprint density at radius 1 is 1.22 bits per heavy atom. The van der Waals surface area contributed by atoms with Gasteiger partial charge in [-0.1, -0.05) is 6.92 Å². The van der Waals surface area contributed by atoms with Crippen molar-refractivity contribution in [3.63, 3.8) is 0 Å². The van der Waals surface area contributed by atoms with E-state index < -0.39 is 0 Å². The molecule has 2 heterocycles. The summed E-state index contributed by atoms with van der Waals surface area (Å²) in [5.41, 5.74) is 0. The number of nitrogens with one attached hydrogen (secondary N) is 1. The molecular weight excluding hydrogens is 244 g/mol. The Kier molecular flexibility index (Phi) is 5.41. The monoisotopic (exact) mass is 268 g/mol. The van der Waals surface area contributed by atoms with Crippen LogP contribution in [-0.2, 0) is 6.54 Å². The smallest absolute Gasteiger partial charge is 0.182 e. The van der Waals surface area contributed by atoms with Crippen LogP contribution in [0.15, 0.2) is 6.20 Å². The highest BCUT2D eigenvalue weighted by Crippen LogP contribution is 2.20. The Bertz CT molecular complexity index is 345. The lowest BCUT2D eigenvalue weighted by molar-refractivity contribution is 0.128. The number of piperazine rings is 1. The molecule has 1 saturated heterocycles. The van der Waals surface area contributed by atoms with Crippen LogP contribution in [0.2, 0.25) is 0 Å². The Balaban J connectivity index is 1.76. The van der Waals surface area contributed by atoms with Crippen molar-refractivity contribution in [3.8, 4) is 0 Å². The second-order valence-corrected chi connectivity index (χ2v) is 5.90. The molecule has 0 radical (unpaired) electrons. The van der Waals surface area contributed by atoms with Gasteiger partial charge in [0.1, 0.15) is 0 Å².